The molecule has 3 N–H and O–H groups in total. The van der Waals surface area contributed by atoms with Crippen LogP contribution in [0.1, 0.15) is 21.6 Å². The Hall–Kier alpha value is -4.32. The number of rotatable bonds is 4. The Morgan fingerprint density at radius 2 is 1.77 bits per heavy atom. The standard InChI is InChI=1S/C25H19N5O/c1-16-21(19-7-3-4-8-22(19)28-16)15-27-30-25(31)20-14-24(17-10-12-26-13-11-17)29-23-9-5-2-6-18(20)23/h2-15,28H,1H3,(H,30,31)/p+1. The zero-order valence-electron chi connectivity index (χ0n) is 16.9. The maximum absolute atomic E-state index is 13.1. The lowest BCUT2D eigenvalue weighted by Gasteiger charge is -2.08. The van der Waals surface area contributed by atoms with E-state index in [4.69, 9.17) is 4.98 Å². The summed E-state index contributed by atoms with van der Waals surface area (Å²) in [5, 5.41) is 6.09. The van der Waals surface area contributed by atoms with Gasteiger partial charge in [-0.05, 0) is 25.1 Å². The first-order valence-electron chi connectivity index (χ1n) is 9.98. The van der Waals surface area contributed by atoms with Crippen LogP contribution >= 0.6 is 0 Å². The molecule has 0 saturated heterocycles. The number of aromatic amines is 2. The van der Waals surface area contributed by atoms with Gasteiger partial charge in [0.15, 0.2) is 12.4 Å². The second-order valence-corrected chi connectivity index (χ2v) is 7.27. The number of carbonyl (C=O) groups excluding carboxylic acids is 1. The molecule has 150 valence electrons. The second-order valence-electron chi connectivity index (χ2n) is 7.27. The van der Waals surface area contributed by atoms with Crippen LogP contribution in [-0.2, 0) is 0 Å². The number of benzene rings is 2. The predicted octanol–water partition coefficient (Wildman–Crippen LogP) is 4.27. The number of hydrazone groups is 1. The summed E-state index contributed by atoms with van der Waals surface area (Å²) in [7, 11) is 0. The van der Waals surface area contributed by atoms with E-state index in [2.05, 4.69) is 20.5 Å². The lowest BCUT2D eigenvalue weighted by Crippen LogP contribution is -2.18. The summed E-state index contributed by atoms with van der Waals surface area (Å²) >= 11 is 0. The summed E-state index contributed by atoms with van der Waals surface area (Å²) in [6, 6.07) is 21.3. The molecule has 3 heterocycles. The van der Waals surface area contributed by atoms with Gasteiger partial charge in [-0.15, -0.1) is 0 Å². The maximum atomic E-state index is 13.1. The van der Waals surface area contributed by atoms with Crippen molar-refractivity contribution < 1.29 is 9.78 Å². The van der Waals surface area contributed by atoms with Gasteiger partial charge in [0.1, 0.15) is 0 Å². The van der Waals surface area contributed by atoms with Crippen molar-refractivity contribution in [3.63, 3.8) is 0 Å². The summed E-state index contributed by atoms with van der Waals surface area (Å²) in [6.45, 7) is 1.99. The van der Waals surface area contributed by atoms with Crippen LogP contribution in [0.2, 0.25) is 0 Å². The third-order valence-corrected chi connectivity index (χ3v) is 5.28. The third kappa shape index (κ3) is 3.55. The van der Waals surface area contributed by atoms with Crippen LogP contribution in [0, 0.1) is 6.92 Å². The third-order valence-electron chi connectivity index (χ3n) is 5.28. The number of fused-ring (bicyclic) bond motifs is 2. The molecule has 5 aromatic rings. The van der Waals surface area contributed by atoms with Gasteiger partial charge in [-0.25, -0.2) is 15.4 Å². The SMILES string of the molecule is Cc1[nH]c2ccccc2c1C=NNC(=O)c1cc(-c2cc[nH+]cc2)nc2ccccc12. The molecule has 0 bridgehead atoms. The highest BCUT2D eigenvalue weighted by Crippen LogP contribution is 2.24. The summed E-state index contributed by atoms with van der Waals surface area (Å²) in [4.78, 5) is 24.1. The minimum absolute atomic E-state index is 0.281. The molecule has 0 fully saturated rings. The van der Waals surface area contributed by atoms with E-state index < -0.39 is 0 Å². The van der Waals surface area contributed by atoms with Gasteiger partial charge in [0.25, 0.3) is 5.91 Å². The highest BCUT2D eigenvalue weighted by molar-refractivity contribution is 6.08. The lowest BCUT2D eigenvalue weighted by molar-refractivity contribution is -0.377. The maximum Gasteiger partial charge on any atom is 0.272 e. The summed E-state index contributed by atoms with van der Waals surface area (Å²) in [5.41, 5.74) is 8.62. The molecule has 2 aromatic carbocycles. The molecule has 3 aromatic heterocycles. The molecule has 0 aliphatic carbocycles. The van der Waals surface area contributed by atoms with E-state index in [1.807, 2.05) is 80.0 Å². The number of pyridine rings is 2. The molecule has 1 amide bonds. The molecule has 0 aliphatic heterocycles. The molecule has 0 radical (unpaired) electrons. The number of aryl methyl sites for hydroxylation is 1. The predicted molar refractivity (Wildman–Crippen MR) is 122 cm³/mol. The van der Waals surface area contributed by atoms with Crippen LogP contribution in [-0.4, -0.2) is 22.1 Å². The van der Waals surface area contributed by atoms with Crippen LogP contribution in [0.4, 0.5) is 0 Å². The highest BCUT2D eigenvalue weighted by Gasteiger charge is 2.14. The van der Waals surface area contributed by atoms with E-state index in [1.165, 1.54) is 0 Å². The summed E-state index contributed by atoms with van der Waals surface area (Å²) < 4.78 is 0. The minimum atomic E-state index is -0.281. The second kappa shape index (κ2) is 7.84. The fourth-order valence-corrected chi connectivity index (χ4v) is 3.75. The van der Waals surface area contributed by atoms with E-state index in [0.717, 1.165) is 44.3 Å². The van der Waals surface area contributed by atoms with Crippen molar-refractivity contribution in [3.8, 4) is 11.3 Å². The number of aromatic nitrogens is 3. The van der Waals surface area contributed by atoms with Crippen molar-refractivity contribution in [1.82, 2.24) is 15.4 Å². The van der Waals surface area contributed by atoms with E-state index in [0.29, 0.717) is 5.56 Å². The first-order chi connectivity index (χ1) is 15.2. The molecule has 0 spiro atoms. The van der Waals surface area contributed by atoms with Crippen LogP contribution in [0.25, 0.3) is 33.1 Å². The summed E-state index contributed by atoms with van der Waals surface area (Å²) in [5.74, 6) is -0.281. The van der Waals surface area contributed by atoms with Gasteiger partial charge in [-0.3, -0.25) is 4.79 Å². The van der Waals surface area contributed by atoms with Crippen LogP contribution in [0.5, 0.6) is 0 Å². The molecule has 0 aliphatic rings. The van der Waals surface area contributed by atoms with E-state index in [1.54, 1.807) is 12.3 Å². The van der Waals surface area contributed by atoms with Gasteiger partial charge in [-0.2, -0.15) is 5.10 Å². The highest BCUT2D eigenvalue weighted by atomic mass is 16.2. The Morgan fingerprint density at radius 3 is 2.61 bits per heavy atom. The van der Waals surface area contributed by atoms with Gasteiger partial charge in [0, 0.05) is 45.2 Å². The molecular formula is C25H20N5O+. The van der Waals surface area contributed by atoms with Crippen molar-refractivity contribution in [2.24, 2.45) is 5.10 Å². The Labute approximate surface area is 178 Å². The molecule has 6 heteroatoms. The largest absolute Gasteiger partial charge is 0.358 e. The number of nitrogens with one attached hydrogen (secondary N) is 3. The Bertz CT molecular complexity index is 1440. The van der Waals surface area contributed by atoms with Crippen molar-refractivity contribution in [2.75, 3.05) is 0 Å². The number of hydrogen-bond acceptors (Lipinski definition) is 3. The normalized spacial score (nSPS) is 11.4. The van der Waals surface area contributed by atoms with Crippen LogP contribution < -0.4 is 10.4 Å². The molecule has 0 saturated carbocycles. The fraction of sp³-hybridized carbons (Fsp3) is 0.0400. The molecule has 0 atom stereocenters. The van der Waals surface area contributed by atoms with Gasteiger partial charge in [0.05, 0.1) is 23.0 Å². The average Bonchev–Trinajstić information content (AvgIpc) is 3.14. The molecule has 5 rings (SSSR count). The van der Waals surface area contributed by atoms with Crippen LogP contribution in [0.15, 0.2) is 84.2 Å². The first-order valence-corrected chi connectivity index (χ1v) is 9.98. The zero-order valence-corrected chi connectivity index (χ0v) is 16.9. The smallest absolute Gasteiger partial charge is 0.272 e. The monoisotopic (exact) mass is 406 g/mol. The van der Waals surface area contributed by atoms with Gasteiger partial charge < -0.3 is 4.98 Å². The molecule has 0 unspecified atom stereocenters. The van der Waals surface area contributed by atoms with Crippen molar-refractivity contribution in [2.45, 2.75) is 6.92 Å². The lowest BCUT2D eigenvalue weighted by atomic mass is 10.0. The number of para-hydroxylation sites is 2. The first kappa shape index (κ1) is 18.7. The Kier molecular flexibility index (Phi) is 4.72. The van der Waals surface area contributed by atoms with Crippen molar-refractivity contribution >= 4 is 33.9 Å². The zero-order chi connectivity index (χ0) is 21.2. The molecule has 6 nitrogen and oxygen atoms in total. The number of H-pyrrole nitrogens is 2. The van der Waals surface area contributed by atoms with Crippen molar-refractivity contribution in [1.29, 1.82) is 0 Å². The van der Waals surface area contributed by atoms with Gasteiger partial charge in [-0.1, -0.05) is 36.4 Å². The van der Waals surface area contributed by atoms with Gasteiger partial charge >= 0.3 is 0 Å². The quantitative estimate of drug-likeness (QED) is 0.345. The van der Waals surface area contributed by atoms with E-state index in [-0.39, 0.29) is 5.91 Å². The number of nitrogens with zero attached hydrogens (tertiary/aromatic N) is 2. The topological polar surface area (TPSA) is 84.3 Å². The van der Waals surface area contributed by atoms with E-state index >= 15 is 0 Å². The average molecular weight is 406 g/mol. The molecular weight excluding hydrogens is 386 g/mol. The van der Waals surface area contributed by atoms with Crippen LogP contribution in [0.3, 0.4) is 0 Å². The summed E-state index contributed by atoms with van der Waals surface area (Å²) in [6.07, 6.45) is 5.35. The minimum Gasteiger partial charge on any atom is -0.358 e. The Balaban J connectivity index is 1.49. The van der Waals surface area contributed by atoms with Gasteiger partial charge in [0.2, 0.25) is 0 Å². The Morgan fingerprint density at radius 1 is 1.03 bits per heavy atom. The number of amides is 1. The number of carbonyl (C=O) groups is 1. The molecule has 31 heavy (non-hydrogen) atoms. The number of hydrogen-bond donors (Lipinski definition) is 2. The fourth-order valence-electron chi connectivity index (χ4n) is 3.75. The van der Waals surface area contributed by atoms with E-state index in [9.17, 15) is 4.79 Å². The van der Waals surface area contributed by atoms with Crippen molar-refractivity contribution in [3.05, 3.63) is 95.9 Å².